The van der Waals surface area contributed by atoms with Gasteiger partial charge in [-0.15, -0.1) is 11.3 Å². The molecule has 0 spiro atoms. The Bertz CT molecular complexity index is 700. The van der Waals surface area contributed by atoms with Crippen molar-refractivity contribution < 1.29 is 5.11 Å². The van der Waals surface area contributed by atoms with Crippen LogP contribution in [-0.4, -0.2) is 5.11 Å². The molecule has 1 aromatic rings. The van der Waals surface area contributed by atoms with E-state index in [9.17, 15) is 9.90 Å². The second-order valence-corrected chi connectivity index (χ2v) is 4.69. The maximum absolute atomic E-state index is 11.7. The highest BCUT2D eigenvalue weighted by molar-refractivity contribution is 7.21. The SMILES string of the molecule is O=c1c(O)ccc2sc3ccccc3cc1-2. The fourth-order valence-corrected chi connectivity index (χ4v) is 2.79. The van der Waals surface area contributed by atoms with Gasteiger partial charge in [-0.1, -0.05) is 18.2 Å². The van der Waals surface area contributed by atoms with E-state index in [4.69, 9.17) is 0 Å². The molecule has 1 aliphatic heterocycles. The van der Waals surface area contributed by atoms with Gasteiger partial charge in [0.25, 0.3) is 0 Å². The van der Waals surface area contributed by atoms with E-state index < -0.39 is 0 Å². The number of fused-ring (bicyclic) bond motifs is 2. The molecule has 0 aromatic heterocycles. The predicted molar refractivity (Wildman–Crippen MR) is 66.4 cm³/mol. The minimum absolute atomic E-state index is 0.185. The lowest BCUT2D eigenvalue weighted by Crippen LogP contribution is -2.03. The second kappa shape index (κ2) is 3.32. The maximum Gasteiger partial charge on any atom is 0.228 e. The minimum Gasteiger partial charge on any atom is -0.504 e. The molecule has 1 heterocycles. The number of rotatable bonds is 0. The zero-order valence-corrected chi connectivity index (χ0v) is 9.12. The second-order valence-electron chi connectivity index (χ2n) is 3.61. The first-order chi connectivity index (χ1) is 7.75. The van der Waals surface area contributed by atoms with Crippen LogP contribution >= 0.6 is 11.3 Å². The fraction of sp³-hybridized carbons (Fsp3) is 0. The summed E-state index contributed by atoms with van der Waals surface area (Å²) in [5, 5.41) is 10.4. The molecular formula is C13H8O2S. The molecule has 1 N–H and O–H groups in total. The summed E-state index contributed by atoms with van der Waals surface area (Å²) in [6.45, 7) is 0. The Kier molecular flexibility index (Phi) is 1.94. The van der Waals surface area contributed by atoms with Gasteiger partial charge in [0.1, 0.15) is 0 Å². The summed E-state index contributed by atoms with van der Waals surface area (Å²) < 4.78 is 1.14. The quantitative estimate of drug-likeness (QED) is 0.600. The van der Waals surface area contributed by atoms with Gasteiger partial charge in [0.15, 0.2) is 5.75 Å². The van der Waals surface area contributed by atoms with Gasteiger partial charge < -0.3 is 5.11 Å². The molecule has 1 aromatic carbocycles. The standard InChI is InChI=1S/C13H8O2S/c14-10-5-6-12-9(13(10)15)7-8-3-1-2-4-11(8)16-12/h1-7,14H. The molecule has 3 heteroatoms. The Balaban J connectivity index is 2.53. The smallest absolute Gasteiger partial charge is 0.228 e. The molecule has 0 saturated heterocycles. The normalized spacial score (nSPS) is 11.0. The van der Waals surface area contributed by atoms with E-state index in [1.807, 2.05) is 30.3 Å². The number of benzene rings is 2. The first-order valence-electron chi connectivity index (χ1n) is 4.90. The lowest BCUT2D eigenvalue weighted by Gasteiger charge is -2.05. The van der Waals surface area contributed by atoms with Crippen molar-refractivity contribution in [3.63, 3.8) is 0 Å². The molecule has 16 heavy (non-hydrogen) atoms. The third-order valence-corrected chi connectivity index (χ3v) is 3.74. The average Bonchev–Trinajstić information content (AvgIpc) is 2.32. The van der Waals surface area contributed by atoms with Crippen LogP contribution in [0.2, 0.25) is 0 Å². The molecule has 3 rings (SSSR count). The Morgan fingerprint density at radius 3 is 2.75 bits per heavy atom. The van der Waals surface area contributed by atoms with Crippen LogP contribution in [0.15, 0.2) is 47.3 Å². The highest BCUT2D eigenvalue weighted by atomic mass is 32.1. The first kappa shape index (κ1) is 9.36. The molecule has 0 atom stereocenters. The van der Waals surface area contributed by atoms with E-state index in [2.05, 4.69) is 0 Å². The van der Waals surface area contributed by atoms with Gasteiger partial charge in [-0.2, -0.15) is 0 Å². The number of phenolic OH excluding ortho intramolecular Hbond substituents is 1. The van der Waals surface area contributed by atoms with Crippen molar-refractivity contribution in [2.45, 2.75) is 0 Å². The summed E-state index contributed by atoms with van der Waals surface area (Å²) in [5.74, 6) is -0.185. The summed E-state index contributed by atoms with van der Waals surface area (Å²) in [6, 6.07) is 13.0. The summed E-state index contributed by atoms with van der Waals surface area (Å²) in [5.41, 5.74) is 0.295. The van der Waals surface area contributed by atoms with Crippen molar-refractivity contribution in [2.24, 2.45) is 0 Å². The molecule has 2 nitrogen and oxygen atoms in total. The van der Waals surface area contributed by atoms with Crippen LogP contribution < -0.4 is 5.43 Å². The summed E-state index contributed by atoms with van der Waals surface area (Å²) in [7, 11) is 0. The Morgan fingerprint density at radius 2 is 1.88 bits per heavy atom. The van der Waals surface area contributed by atoms with Crippen LogP contribution in [0, 0.1) is 0 Å². The lowest BCUT2D eigenvalue weighted by molar-refractivity contribution is 0.470. The van der Waals surface area contributed by atoms with Gasteiger partial charge in [-0.25, -0.2) is 0 Å². The van der Waals surface area contributed by atoms with E-state index in [0.717, 1.165) is 15.0 Å². The third-order valence-electron chi connectivity index (χ3n) is 2.57. The van der Waals surface area contributed by atoms with Gasteiger partial charge in [0.05, 0.1) is 0 Å². The van der Waals surface area contributed by atoms with Crippen molar-refractivity contribution in [3.05, 3.63) is 52.7 Å². The Hall–Kier alpha value is -1.87. The van der Waals surface area contributed by atoms with Gasteiger partial charge in [-0.3, -0.25) is 4.79 Å². The summed E-state index contributed by atoms with van der Waals surface area (Å²) in [4.78, 5) is 12.6. The zero-order valence-electron chi connectivity index (χ0n) is 8.31. The van der Waals surface area contributed by atoms with Crippen LogP contribution in [-0.2, 0) is 0 Å². The Morgan fingerprint density at radius 1 is 1.06 bits per heavy atom. The highest BCUT2D eigenvalue weighted by Gasteiger charge is 2.11. The van der Waals surface area contributed by atoms with Crippen molar-refractivity contribution in [1.82, 2.24) is 0 Å². The molecule has 1 aliphatic carbocycles. The van der Waals surface area contributed by atoms with Gasteiger partial charge in [0, 0.05) is 15.1 Å². The molecular weight excluding hydrogens is 220 g/mol. The van der Waals surface area contributed by atoms with Gasteiger partial charge >= 0.3 is 0 Å². The van der Waals surface area contributed by atoms with Crippen LogP contribution in [0.4, 0.5) is 0 Å². The molecule has 0 unspecified atom stereocenters. The predicted octanol–water partition coefficient (Wildman–Crippen LogP) is 3.07. The molecule has 0 fully saturated rings. The number of hydrogen-bond donors (Lipinski definition) is 1. The van der Waals surface area contributed by atoms with Crippen LogP contribution in [0.5, 0.6) is 5.75 Å². The molecule has 78 valence electrons. The van der Waals surface area contributed by atoms with Crippen LogP contribution in [0.3, 0.4) is 0 Å². The third kappa shape index (κ3) is 1.29. The van der Waals surface area contributed by atoms with Crippen molar-refractivity contribution in [1.29, 1.82) is 0 Å². The zero-order chi connectivity index (χ0) is 11.1. The first-order valence-corrected chi connectivity index (χ1v) is 5.72. The van der Waals surface area contributed by atoms with Crippen molar-refractivity contribution in [3.8, 4) is 16.2 Å². The maximum atomic E-state index is 11.7. The topological polar surface area (TPSA) is 37.3 Å². The van der Waals surface area contributed by atoms with Crippen LogP contribution in [0.25, 0.3) is 20.5 Å². The Labute approximate surface area is 95.8 Å². The van der Waals surface area contributed by atoms with E-state index in [0.29, 0.717) is 5.56 Å². The summed E-state index contributed by atoms with van der Waals surface area (Å²) >= 11 is 1.56. The minimum atomic E-state index is -0.292. The van der Waals surface area contributed by atoms with Gasteiger partial charge in [0.2, 0.25) is 5.43 Å². The van der Waals surface area contributed by atoms with Crippen molar-refractivity contribution in [2.75, 3.05) is 0 Å². The molecule has 0 amide bonds. The molecule has 2 aliphatic rings. The van der Waals surface area contributed by atoms with E-state index in [-0.39, 0.29) is 11.2 Å². The van der Waals surface area contributed by atoms with E-state index in [1.54, 1.807) is 17.4 Å². The number of hydrogen-bond acceptors (Lipinski definition) is 3. The van der Waals surface area contributed by atoms with Crippen LogP contribution in [0.1, 0.15) is 0 Å². The number of aromatic hydroxyl groups is 1. The highest BCUT2D eigenvalue weighted by Crippen LogP contribution is 2.31. The molecule has 0 saturated carbocycles. The van der Waals surface area contributed by atoms with Gasteiger partial charge in [-0.05, 0) is 29.7 Å². The molecule has 0 radical (unpaired) electrons. The van der Waals surface area contributed by atoms with E-state index >= 15 is 0 Å². The monoisotopic (exact) mass is 228 g/mol. The molecule has 0 bridgehead atoms. The van der Waals surface area contributed by atoms with E-state index in [1.165, 1.54) is 6.07 Å². The summed E-state index contributed by atoms with van der Waals surface area (Å²) in [6.07, 6.45) is 0. The van der Waals surface area contributed by atoms with Crippen molar-refractivity contribution >= 4 is 21.4 Å². The fourth-order valence-electron chi connectivity index (χ4n) is 1.76. The number of phenols is 1. The average molecular weight is 228 g/mol. The largest absolute Gasteiger partial charge is 0.504 e. The lowest BCUT2D eigenvalue weighted by atomic mass is 10.1.